The average molecular weight is 194 g/mol. The second kappa shape index (κ2) is 9.32. The highest BCUT2D eigenvalue weighted by Gasteiger charge is 2.02. The largest absolute Gasteiger partial charge is 0.396 e. The maximum absolute atomic E-state index is 9.27. The molecule has 0 fully saturated rings. The van der Waals surface area contributed by atoms with Crippen LogP contribution in [0.1, 0.15) is 13.3 Å². The number of aliphatic hydroxyl groups excluding tert-OH is 2. The van der Waals surface area contributed by atoms with Crippen LogP contribution in [0.5, 0.6) is 0 Å². The summed E-state index contributed by atoms with van der Waals surface area (Å²) in [6.07, 6.45) is 0.431. The Bertz CT molecular complexity index is 90.4. The third-order valence-corrected chi connectivity index (χ3v) is 2.47. The van der Waals surface area contributed by atoms with Gasteiger partial charge in [-0.25, -0.2) is 0 Å². The highest BCUT2D eigenvalue weighted by atomic mass is 32.2. The lowest BCUT2D eigenvalue weighted by molar-refractivity contribution is 0.0551. The minimum atomic E-state index is -0.367. The third-order valence-electron chi connectivity index (χ3n) is 1.27. The number of hydrogen-bond donors (Lipinski definition) is 2. The van der Waals surface area contributed by atoms with Crippen molar-refractivity contribution < 1.29 is 14.9 Å². The van der Waals surface area contributed by atoms with Crippen LogP contribution in [0.3, 0.4) is 0 Å². The van der Waals surface area contributed by atoms with Crippen molar-refractivity contribution in [3.8, 4) is 0 Å². The number of ether oxygens (including phenoxy) is 1. The summed E-state index contributed by atoms with van der Waals surface area (Å²) in [6.45, 7) is 3.21. The number of rotatable bonds is 8. The summed E-state index contributed by atoms with van der Waals surface area (Å²) in [5.74, 6) is 1.60. The van der Waals surface area contributed by atoms with Gasteiger partial charge in [0.1, 0.15) is 0 Å². The Kier molecular flexibility index (Phi) is 9.50. The lowest BCUT2D eigenvalue weighted by atomic mass is 10.4. The second-order valence-electron chi connectivity index (χ2n) is 2.47. The molecule has 0 aliphatic heterocycles. The quantitative estimate of drug-likeness (QED) is 0.552. The van der Waals surface area contributed by atoms with Crippen molar-refractivity contribution in [2.45, 2.75) is 19.4 Å². The van der Waals surface area contributed by atoms with Crippen LogP contribution in [0.15, 0.2) is 0 Å². The molecule has 0 saturated carbocycles. The van der Waals surface area contributed by atoms with E-state index in [1.807, 2.05) is 6.92 Å². The first kappa shape index (κ1) is 12.2. The molecule has 0 aromatic carbocycles. The zero-order valence-corrected chi connectivity index (χ0v) is 8.35. The second-order valence-corrected chi connectivity index (χ2v) is 3.62. The normalized spacial score (nSPS) is 13.2. The molecule has 0 bridgehead atoms. The minimum absolute atomic E-state index is 0.231. The van der Waals surface area contributed by atoms with Crippen LogP contribution in [0.2, 0.25) is 0 Å². The summed E-state index contributed by atoms with van der Waals surface area (Å²) < 4.78 is 5.04. The SMILES string of the molecule is CCOCC(O)CSCCCO. The van der Waals surface area contributed by atoms with E-state index in [0.29, 0.717) is 19.0 Å². The van der Waals surface area contributed by atoms with Crippen molar-refractivity contribution in [2.75, 3.05) is 31.3 Å². The van der Waals surface area contributed by atoms with Crippen molar-refractivity contribution in [2.24, 2.45) is 0 Å². The highest BCUT2D eigenvalue weighted by Crippen LogP contribution is 2.04. The van der Waals surface area contributed by atoms with Crippen LogP contribution < -0.4 is 0 Å². The van der Waals surface area contributed by atoms with Gasteiger partial charge in [-0.15, -0.1) is 0 Å². The van der Waals surface area contributed by atoms with Crippen LogP contribution in [0.4, 0.5) is 0 Å². The molecule has 4 heteroatoms. The maximum Gasteiger partial charge on any atom is 0.0863 e. The van der Waals surface area contributed by atoms with Crippen LogP contribution in [-0.4, -0.2) is 47.6 Å². The van der Waals surface area contributed by atoms with Crippen molar-refractivity contribution >= 4 is 11.8 Å². The summed E-state index contributed by atoms with van der Waals surface area (Å²) >= 11 is 1.65. The molecule has 0 aliphatic carbocycles. The van der Waals surface area contributed by atoms with Crippen molar-refractivity contribution in [3.05, 3.63) is 0 Å². The smallest absolute Gasteiger partial charge is 0.0863 e. The van der Waals surface area contributed by atoms with Gasteiger partial charge in [-0.3, -0.25) is 0 Å². The Morgan fingerprint density at radius 1 is 1.50 bits per heavy atom. The van der Waals surface area contributed by atoms with Crippen LogP contribution in [0.25, 0.3) is 0 Å². The minimum Gasteiger partial charge on any atom is -0.396 e. The van der Waals surface area contributed by atoms with Gasteiger partial charge in [0.2, 0.25) is 0 Å². The van der Waals surface area contributed by atoms with Crippen LogP contribution in [-0.2, 0) is 4.74 Å². The van der Waals surface area contributed by atoms with Gasteiger partial charge in [0.15, 0.2) is 0 Å². The van der Waals surface area contributed by atoms with E-state index in [2.05, 4.69) is 0 Å². The summed E-state index contributed by atoms with van der Waals surface area (Å²) in [4.78, 5) is 0. The molecule has 0 aromatic heterocycles. The number of thioether (sulfide) groups is 1. The predicted octanol–water partition coefficient (Wildman–Crippen LogP) is 0.499. The molecule has 0 amide bonds. The molecule has 2 N–H and O–H groups in total. The molecule has 0 radical (unpaired) electrons. The van der Waals surface area contributed by atoms with E-state index in [-0.39, 0.29) is 12.7 Å². The molecule has 12 heavy (non-hydrogen) atoms. The standard InChI is InChI=1S/C8H18O3S/c1-2-11-6-8(10)7-12-5-3-4-9/h8-10H,2-7H2,1H3. The Morgan fingerprint density at radius 2 is 2.25 bits per heavy atom. The van der Waals surface area contributed by atoms with Crippen LogP contribution in [0, 0.1) is 0 Å². The van der Waals surface area contributed by atoms with E-state index in [0.717, 1.165) is 12.2 Å². The fourth-order valence-corrected chi connectivity index (χ4v) is 1.56. The van der Waals surface area contributed by atoms with E-state index in [1.165, 1.54) is 0 Å². The Hall–Kier alpha value is 0.230. The molecule has 0 saturated heterocycles. The third kappa shape index (κ3) is 8.33. The average Bonchev–Trinajstić information content (AvgIpc) is 2.09. The molecule has 1 atom stereocenters. The summed E-state index contributed by atoms with van der Waals surface area (Å²) in [7, 11) is 0. The van der Waals surface area contributed by atoms with Crippen LogP contribution >= 0.6 is 11.8 Å². The van der Waals surface area contributed by atoms with E-state index >= 15 is 0 Å². The first-order valence-electron chi connectivity index (χ1n) is 4.25. The van der Waals surface area contributed by atoms with E-state index in [1.54, 1.807) is 11.8 Å². The van der Waals surface area contributed by atoms with Gasteiger partial charge in [0.25, 0.3) is 0 Å². The molecule has 0 heterocycles. The molecule has 3 nitrogen and oxygen atoms in total. The topological polar surface area (TPSA) is 49.7 Å². The molecular formula is C8H18O3S. The molecular weight excluding hydrogens is 176 g/mol. The van der Waals surface area contributed by atoms with Gasteiger partial charge >= 0.3 is 0 Å². The van der Waals surface area contributed by atoms with E-state index in [9.17, 15) is 5.11 Å². The maximum atomic E-state index is 9.27. The predicted molar refractivity (Wildman–Crippen MR) is 51.5 cm³/mol. The first-order chi connectivity index (χ1) is 5.81. The lowest BCUT2D eigenvalue weighted by Crippen LogP contribution is -2.18. The molecule has 0 aliphatic rings. The fourth-order valence-electron chi connectivity index (χ4n) is 0.688. The van der Waals surface area contributed by atoms with Gasteiger partial charge in [-0.05, 0) is 19.1 Å². The number of aliphatic hydroxyl groups is 2. The highest BCUT2D eigenvalue weighted by molar-refractivity contribution is 7.99. The van der Waals surface area contributed by atoms with Gasteiger partial charge in [-0.2, -0.15) is 11.8 Å². The Balaban J connectivity index is 3.02. The molecule has 0 aromatic rings. The molecule has 1 unspecified atom stereocenters. The van der Waals surface area contributed by atoms with Gasteiger partial charge in [0, 0.05) is 19.0 Å². The molecule has 74 valence electrons. The monoisotopic (exact) mass is 194 g/mol. The number of hydrogen-bond acceptors (Lipinski definition) is 4. The summed E-state index contributed by atoms with van der Waals surface area (Å²) in [5, 5.41) is 17.7. The van der Waals surface area contributed by atoms with Crippen molar-refractivity contribution in [3.63, 3.8) is 0 Å². The lowest BCUT2D eigenvalue weighted by Gasteiger charge is -2.09. The van der Waals surface area contributed by atoms with Crippen molar-refractivity contribution in [1.29, 1.82) is 0 Å². The zero-order valence-electron chi connectivity index (χ0n) is 7.53. The van der Waals surface area contributed by atoms with Gasteiger partial charge in [0.05, 0.1) is 12.7 Å². The Labute approximate surface area is 78.1 Å². The first-order valence-corrected chi connectivity index (χ1v) is 5.41. The fraction of sp³-hybridized carbons (Fsp3) is 1.00. The Morgan fingerprint density at radius 3 is 2.83 bits per heavy atom. The molecule has 0 spiro atoms. The van der Waals surface area contributed by atoms with E-state index < -0.39 is 0 Å². The van der Waals surface area contributed by atoms with Gasteiger partial charge in [-0.1, -0.05) is 0 Å². The van der Waals surface area contributed by atoms with E-state index in [4.69, 9.17) is 9.84 Å². The summed E-state index contributed by atoms with van der Waals surface area (Å²) in [5.41, 5.74) is 0. The summed E-state index contributed by atoms with van der Waals surface area (Å²) in [6, 6.07) is 0. The molecule has 0 rings (SSSR count). The van der Waals surface area contributed by atoms with Crippen molar-refractivity contribution in [1.82, 2.24) is 0 Å². The zero-order chi connectivity index (χ0) is 9.23. The van der Waals surface area contributed by atoms with Gasteiger partial charge < -0.3 is 14.9 Å².